The van der Waals surface area contributed by atoms with Gasteiger partial charge in [-0.2, -0.15) is 11.8 Å². The molecule has 4 aromatic rings. The smallest absolute Gasteiger partial charge is 0.508 e. The van der Waals surface area contributed by atoms with E-state index in [1.807, 2.05) is 20.1 Å². The zero-order valence-corrected chi connectivity index (χ0v) is 33.9. The van der Waals surface area contributed by atoms with Crippen LogP contribution in [0.4, 0.5) is 4.79 Å². The first-order chi connectivity index (χ1) is 28.6. The zero-order chi connectivity index (χ0) is 43.4. The molecule has 0 aliphatic heterocycles. The maximum atomic E-state index is 13.0. The van der Waals surface area contributed by atoms with Crippen molar-refractivity contribution >= 4 is 47.8 Å². The minimum atomic E-state index is -1.47. The molecule has 4 aromatic carbocycles. The first kappa shape index (κ1) is 44.5. The topological polar surface area (TPSA) is 198 Å². The van der Waals surface area contributed by atoms with Gasteiger partial charge >= 0.3 is 36.0 Å². The third kappa shape index (κ3) is 12.4. The molecule has 0 heterocycles. The van der Waals surface area contributed by atoms with E-state index in [1.54, 1.807) is 11.8 Å². The van der Waals surface area contributed by atoms with E-state index in [1.165, 1.54) is 103 Å². The normalized spacial score (nSPS) is 17.7. The molecule has 14 nitrogen and oxygen atoms in total. The lowest BCUT2D eigenvalue weighted by molar-refractivity contribution is -0.148. The second-order valence-corrected chi connectivity index (χ2v) is 15.3. The van der Waals surface area contributed by atoms with Crippen LogP contribution >= 0.6 is 11.8 Å². The summed E-state index contributed by atoms with van der Waals surface area (Å²) in [6.45, 7) is 7.08. The van der Waals surface area contributed by atoms with E-state index in [2.05, 4.69) is 11.3 Å². The molecule has 0 bridgehead atoms. The Kier molecular flexibility index (Phi) is 15.1. The van der Waals surface area contributed by atoms with Gasteiger partial charge in [-0.05, 0) is 143 Å². The van der Waals surface area contributed by atoms with Crippen LogP contribution in [0.15, 0.2) is 110 Å². The molecule has 2 aliphatic carbocycles. The number of carbonyl (C=O) groups excluding carboxylic acids is 5. The maximum absolute atomic E-state index is 13.0. The van der Waals surface area contributed by atoms with E-state index in [-0.39, 0.29) is 75.3 Å². The number of aromatic hydroxyl groups is 1. The minimum Gasteiger partial charge on any atom is -0.508 e. The van der Waals surface area contributed by atoms with E-state index < -0.39 is 30.0 Å². The molecule has 2 N–H and O–H groups in total. The van der Waals surface area contributed by atoms with E-state index in [0.717, 1.165) is 18.6 Å². The summed E-state index contributed by atoms with van der Waals surface area (Å²) in [5.74, 6) is -1.17. The van der Waals surface area contributed by atoms with Gasteiger partial charge in [-0.3, -0.25) is 0 Å². The third-order valence-corrected chi connectivity index (χ3v) is 10.6. The molecule has 0 radical (unpaired) electrons. The highest BCUT2D eigenvalue weighted by atomic mass is 32.2. The van der Waals surface area contributed by atoms with Gasteiger partial charge in [-0.15, -0.1) is 0 Å². The summed E-state index contributed by atoms with van der Waals surface area (Å²) in [7, 11) is 0. The molecule has 2 aliphatic rings. The van der Waals surface area contributed by atoms with E-state index in [4.69, 9.17) is 28.8 Å². The minimum absolute atomic E-state index is 0.0341. The largest absolute Gasteiger partial charge is 0.511 e. The van der Waals surface area contributed by atoms with Crippen molar-refractivity contribution in [3.63, 3.8) is 0 Å². The molecular weight excluding hydrogens is 797 g/mol. The SMILES string of the molecule is C=CC(=O)OC(C)(C)CSC.O=C(O)Oc1ccc(C(=O)Oc2ccc(C(=O)OC3CCC4C(OC(=O)c5ccc(OC(=O)c6ccc(O)cc6)cc5)CCC34)cc2)cc1. The standard InChI is InChI=1S/C37H30O12.C8H14O2S/c38-25-9-1-21(2-10-25)33(39)45-26-11-3-23(4-12-26)35(41)48-31-19-17-30-29(31)18-20-32(30)49-36(42)24-5-13-27(14-6-24)46-34(40)22-7-15-28(16-8-22)47-37(43)44;1-5-7(9)10-8(2,3)6-11-4/h1-16,29-32,38H,17-20H2,(H,43,44);5H,1,6H2,2-4H3. The highest BCUT2D eigenvalue weighted by Gasteiger charge is 2.48. The van der Waals surface area contributed by atoms with Gasteiger partial charge < -0.3 is 38.6 Å². The number of carbonyl (C=O) groups is 6. The Morgan fingerprint density at radius 2 is 0.983 bits per heavy atom. The lowest BCUT2D eigenvalue weighted by Crippen LogP contribution is -2.29. The number of phenols is 1. The van der Waals surface area contributed by atoms with Crippen LogP contribution in [0.25, 0.3) is 0 Å². The Morgan fingerprint density at radius 3 is 1.35 bits per heavy atom. The number of fused-ring (bicyclic) bond motifs is 1. The van der Waals surface area contributed by atoms with Crippen LogP contribution in [-0.4, -0.2) is 76.0 Å². The van der Waals surface area contributed by atoms with E-state index in [0.29, 0.717) is 18.4 Å². The number of rotatable bonds is 13. The average Bonchev–Trinajstić information content (AvgIpc) is 3.81. The monoisotopic (exact) mass is 840 g/mol. The first-order valence-electron chi connectivity index (χ1n) is 18.9. The number of esters is 5. The predicted molar refractivity (Wildman–Crippen MR) is 219 cm³/mol. The Labute approximate surface area is 350 Å². The lowest BCUT2D eigenvalue weighted by Gasteiger charge is -2.22. The van der Waals surface area contributed by atoms with Gasteiger partial charge in [0.1, 0.15) is 40.8 Å². The molecule has 60 heavy (non-hydrogen) atoms. The Balaban J connectivity index is 0.000000545. The second-order valence-electron chi connectivity index (χ2n) is 14.5. The summed E-state index contributed by atoms with van der Waals surface area (Å²) >= 11 is 1.65. The number of hydrogen-bond acceptors (Lipinski definition) is 14. The summed E-state index contributed by atoms with van der Waals surface area (Å²) in [6.07, 6.45) is 3.82. The second kappa shape index (κ2) is 20.4. The lowest BCUT2D eigenvalue weighted by atomic mass is 9.98. The van der Waals surface area contributed by atoms with Gasteiger partial charge in [-0.1, -0.05) is 6.58 Å². The van der Waals surface area contributed by atoms with Crippen LogP contribution < -0.4 is 14.2 Å². The Bertz CT molecular complexity index is 2160. The summed E-state index contributed by atoms with van der Waals surface area (Å²) in [5, 5.41) is 18.1. The molecule has 4 atom stereocenters. The average molecular weight is 841 g/mol. The van der Waals surface area contributed by atoms with Crippen molar-refractivity contribution in [1.29, 1.82) is 0 Å². The van der Waals surface area contributed by atoms with Gasteiger partial charge in [0, 0.05) is 23.7 Å². The van der Waals surface area contributed by atoms with Crippen molar-refractivity contribution < 1.29 is 67.4 Å². The molecular formula is C45H44O14S. The molecule has 15 heteroatoms. The number of thioether (sulfide) groups is 1. The van der Waals surface area contributed by atoms with Gasteiger partial charge in [0.15, 0.2) is 0 Å². The molecule has 0 aromatic heterocycles. The summed E-state index contributed by atoms with van der Waals surface area (Å²) in [5.41, 5.74) is 0.667. The quantitative estimate of drug-likeness (QED) is 0.0428. The van der Waals surface area contributed by atoms with Crippen LogP contribution in [0.2, 0.25) is 0 Å². The fourth-order valence-electron chi connectivity index (χ4n) is 6.90. The van der Waals surface area contributed by atoms with Crippen LogP contribution in [0.3, 0.4) is 0 Å². The van der Waals surface area contributed by atoms with Crippen LogP contribution in [0.1, 0.15) is 81.0 Å². The van der Waals surface area contributed by atoms with Crippen molar-refractivity contribution in [2.45, 2.75) is 57.3 Å². The van der Waals surface area contributed by atoms with Crippen LogP contribution in [0.5, 0.6) is 23.0 Å². The number of ether oxygens (including phenoxy) is 6. The maximum Gasteiger partial charge on any atom is 0.511 e. The van der Waals surface area contributed by atoms with Crippen molar-refractivity contribution in [2.75, 3.05) is 12.0 Å². The van der Waals surface area contributed by atoms with E-state index >= 15 is 0 Å². The highest BCUT2D eigenvalue weighted by Crippen LogP contribution is 2.47. The molecule has 6 rings (SSSR count). The van der Waals surface area contributed by atoms with Gasteiger partial charge in [0.25, 0.3) is 0 Å². The summed E-state index contributed by atoms with van der Waals surface area (Å²) in [6, 6.07) is 23.1. The van der Waals surface area contributed by atoms with Gasteiger partial charge in [0.2, 0.25) is 0 Å². The Morgan fingerprint density at radius 1 is 0.617 bits per heavy atom. The zero-order valence-electron chi connectivity index (χ0n) is 33.1. The molecule has 2 saturated carbocycles. The van der Waals surface area contributed by atoms with E-state index in [9.17, 15) is 33.9 Å². The van der Waals surface area contributed by atoms with Crippen LogP contribution in [0, 0.1) is 11.8 Å². The number of phenolic OH excluding ortho intramolecular Hbond substituents is 1. The molecule has 0 saturated heterocycles. The van der Waals surface area contributed by atoms with Crippen molar-refractivity contribution in [2.24, 2.45) is 11.8 Å². The number of hydrogen-bond donors (Lipinski definition) is 2. The predicted octanol–water partition coefficient (Wildman–Crippen LogP) is 8.32. The van der Waals surface area contributed by atoms with Crippen molar-refractivity contribution in [1.82, 2.24) is 0 Å². The summed E-state index contributed by atoms with van der Waals surface area (Å²) < 4.78 is 32.0. The fourth-order valence-corrected chi connectivity index (χ4v) is 7.65. The molecule has 4 unspecified atom stereocenters. The van der Waals surface area contributed by atoms with Crippen molar-refractivity contribution in [3.05, 3.63) is 132 Å². The highest BCUT2D eigenvalue weighted by molar-refractivity contribution is 7.98. The summed E-state index contributed by atoms with van der Waals surface area (Å²) in [4.78, 5) is 72.1. The third-order valence-electron chi connectivity index (χ3n) is 9.63. The first-order valence-corrected chi connectivity index (χ1v) is 20.2. The molecule has 0 amide bonds. The Hall–Kier alpha value is -6.61. The van der Waals surface area contributed by atoms with Crippen LogP contribution in [-0.2, 0) is 19.0 Å². The molecule has 0 spiro atoms. The number of carboxylic acid groups (broad SMARTS) is 1. The van der Waals surface area contributed by atoms with Gasteiger partial charge in [-0.25, -0.2) is 28.8 Å². The van der Waals surface area contributed by atoms with Crippen molar-refractivity contribution in [3.8, 4) is 23.0 Å². The fraction of sp³-hybridized carbons (Fsp3) is 0.289. The van der Waals surface area contributed by atoms with Gasteiger partial charge in [0.05, 0.1) is 22.3 Å². The molecule has 2 fully saturated rings. The molecule has 314 valence electrons. The number of benzene rings is 4.